The molecule has 0 aliphatic carbocycles. The minimum atomic E-state index is -4.85. The second-order valence-electron chi connectivity index (χ2n) is 4.29. The molecule has 0 radical (unpaired) electrons. The molecule has 0 atom stereocenters. The Morgan fingerprint density at radius 1 is 1.09 bits per heavy atom. The summed E-state index contributed by atoms with van der Waals surface area (Å²) in [5.74, 6) is 0. The summed E-state index contributed by atoms with van der Waals surface area (Å²) < 4.78 is 38.7. The Bertz CT molecular complexity index is 848. The normalized spacial score (nSPS) is 11.8. The van der Waals surface area contributed by atoms with Crippen molar-refractivity contribution in [2.24, 2.45) is 0 Å². The summed E-state index contributed by atoms with van der Waals surface area (Å²) in [4.78, 5) is 25.6. The maximum atomic E-state index is 12.7. The molecule has 1 N–H and O–H groups in total. The van der Waals surface area contributed by atoms with Gasteiger partial charge in [0.05, 0.1) is 20.8 Å². The van der Waals surface area contributed by atoms with Gasteiger partial charge >= 0.3 is 11.9 Å². The van der Waals surface area contributed by atoms with E-state index in [0.717, 1.165) is 19.1 Å². The van der Waals surface area contributed by atoms with E-state index in [9.17, 15) is 22.8 Å². The first-order chi connectivity index (χ1) is 10.0. The van der Waals surface area contributed by atoms with Gasteiger partial charge in [-0.25, -0.2) is 9.36 Å². The van der Waals surface area contributed by atoms with E-state index in [1.54, 1.807) is 4.98 Å². The lowest BCUT2D eigenvalue weighted by Gasteiger charge is -2.13. The maximum absolute atomic E-state index is 12.7. The number of hydrogen-bond acceptors (Lipinski definition) is 2. The van der Waals surface area contributed by atoms with E-state index in [-0.39, 0.29) is 20.8 Å². The third kappa shape index (κ3) is 2.88. The van der Waals surface area contributed by atoms with Crippen LogP contribution in [0, 0.1) is 6.92 Å². The van der Waals surface area contributed by atoms with Crippen molar-refractivity contribution in [3.63, 3.8) is 0 Å². The van der Waals surface area contributed by atoms with Crippen LogP contribution in [0.5, 0.6) is 0 Å². The van der Waals surface area contributed by atoms with E-state index in [1.807, 2.05) is 0 Å². The molecule has 0 saturated carbocycles. The lowest BCUT2D eigenvalue weighted by Crippen LogP contribution is -2.38. The maximum Gasteiger partial charge on any atom is 0.431 e. The summed E-state index contributed by atoms with van der Waals surface area (Å²) >= 11 is 17.3. The molecule has 0 spiro atoms. The van der Waals surface area contributed by atoms with Crippen LogP contribution >= 0.6 is 34.8 Å². The number of H-pyrrole nitrogens is 1. The molecule has 0 aliphatic rings. The Kier molecular flexibility index (Phi) is 4.34. The lowest BCUT2D eigenvalue weighted by atomic mass is 10.2. The van der Waals surface area contributed by atoms with Gasteiger partial charge in [-0.2, -0.15) is 13.2 Å². The van der Waals surface area contributed by atoms with Gasteiger partial charge in [-0.1, -0.05) is 34.8 Å². The molecule has 118 valence electrons. The fourth-order valence-corrected chi connectivity index (χ4v) is 2.40. The Hall–Kier alpha value is -1.44. The first-order valence-electron chi connectivity index (χ1n) is 5.62. The van der Waals surface area contributed by atoms with Crippen molar-refractivity contribution in [1.29, 1.82) is 0 Å². The highest BCUT2D eigenvalue weighted by atomic mass is 35.5. The van der Waals surface area contributed by atoms with Crippen molar-refractivity contribution in [2.75, 3.05) is 0 Å². The zero-order chi connectivity index (χ0) is 16.8. The number of alkyl halides is 3. The predicted octanol–water partition coefficient (Wildman–Crippen LogP) is 3.81. The highest BCUT2D eigenvalue weighted by molar-refractivity contribution is 6.48. The molecule has 2 aromatic rings. The van der Waals surface area contributed by atoms with Gasteiger partial charge in [0.2, 0.25) is 0 Å². The van der Waals surface area contributed by atoms with Gasteiger partial charge in [-0.15, -0.1) is 0 Å². The molecule has 0 fully saturated rings. The monoisotopic (exact) mass is 372 g/mol. The number of halogens is 6. The van der Waals surface area contributed by atoms with Crippen LogP contribution < -0.4 is 11.2 Å². The molecule has 0 amide bonds. The van der Waals surface area contributed by atoms with Crippen molar-refractivity contribution in [1.82, 2.24) is 9.55 Å². The molecule has 0 aliphatic heterocycles. The van der Waals surface area contributed by atoms with E-state index in [4.69, 9.17) is 34.8 Å². The summed E-state index contributed by atoms with van der Waals surface area (Å²) in [7, 11) is 0. The Balaban J connectivity index is 2.82. The van der Waals surface area contributed by atoms with Gasteiger partial charge in [0, 0.05) is 5.56 Å². The molecule has 0 saturated heterocycles. The summed E-state index contributed by atoms with van der Waals surface area (Å²) in [6.45, 7) is 0.955. The van der Waals surface area contributed by atoms with Crippen molar-refractivity contribution in [3.8, 4) is 5.69 Å². The van der Waals surface area contributed by atoms with Crippen LogP contribution in [0.2, 0.25) is 15.1 Å². The molecule has 0 unspecified atom stereocenters. The quantitative estimate of drug-likeness (QED) is 0.773. The summed E-state index contributed by atoms with van der Waals surface area (Å²) in [5.41, 5.74) is -4.55. The molecular formula is C12H6Cl3F3N2O2. The summed E-state index contributed by atoms with van der Waals surface area (Å²) in [5, 5.41) is -0.0961. The topological polar surface area (TPSA) is 54.9 Å². The van der Waals surface area contributed by atoms with Crippen LogP contribution in [0.1, 0.15) is 11.3 Å². The number of hydrogen-bond donors (Lipinski definition) is 1. The highest BCUT2D eigenvalue weighted by Gasteiger charge is 2.35. The molecule has 1 aromatic heterocycles. The largest absolute Gasteiger partial charge is 0.431 e. The van der Waals surface area contributed by atoms with Gasteiger partial charge in [-0.3, -0.25) is 4.79 Å². The van der Waals surface area contributed by atoms with Crippen molar-refractivity contribution < 1.29 is 13.2 Å². The number of aromatic nitrogens is 2. The average molecular weight is 374 g/mol. The first kappa shape index (κ1) is 16.9. The van der Waals surface area contributed by atoms with E-state index in [1.165, 1.54) is 0 Å². The standard InChI is InChI=1S/C12H6Cl3F3N2O2/c1-4-9(12(16,17)18)19-11(22)20(10(4)21)5-2-6(13)8(15)7(14)3-5/h2-3H,1H3,(H,19,22). The molecule has 4 nitrogen and oxygen atoms in total. The fourth-order valence-electron chi connectivity index (χ4n) is 1.81. The van der Waals surface area contributed by atoms with Crippen LogP contribution in [0.4, 0.5) is 13.2 Å². The Morgan fingerprint density at radius 2 is 1.59 bits per heavy atom. The second-order valence-corrected chi connectivity index (χ2v) is 5.48. The number of rotatable bonds is 1. The van der Waals surface area contributed by atoms with Crippen LogP contribution in [0.3, 0.4) is 0 Å². The number of nitrogens with one attached hydrogen (secondary N) is 1. The summed E-state index contributed by atoms with van der Waals surface area (Å²) in [6, 6.07) is 2.30. The minimum Gasteiger partial charge on any atom is -0.302 e. The van der Waals surface area contributed by atoms with Gasteiger partial charge < -0.3 is 4.98 Å². The molecule has 2 rings (SSSR count). The smallest absolute Gasteiger partial charge is 0.302 e. The second kappa shape index (κ2) is 5.64. The molecule has 1 aromatic carbocycles. The van der Waals surface area contributed by atoms with E-state index < -0.39 is 28.7 Å². The van der Waals surface area contributed by atoms with Crippen molar-refractivity contribution in [3.05, 3.63) is 59.3 Å². The third-order valence-electron chi connectivity index (χ3n) is 2.84. The number of benzene rings is 1. The SMILES string of the molecule is Cc1c(C(F)(F)F)[nH]c(=O)n(-c2cc(Cl)c(Cl)c(Cl)c2)c1=O. The van der Waals surface area contributed by atoms with Gasteiger partial charge in [-0.05, 0) is 19.1 Å². The van der Waals surface area contributed by atoms with E-state index in [0.29, 0.717) is 4.57 Å². The van der Waals surface area contributed by atoms with Crippen LogP contribution in [0.15, 0.2) is 21.7 Å². The van der Waals surface area contributed by atoms with Crippen LogP contribution in [-0.4, -0.2) is 9.55 Å². The highest BCUT2D eigenvalue weighted by Crippen LogP contribution is 2.32. The van der Waals surface area contributed by atoms with Crippen LogP contribution in [0.25, 0.3) is 5.69 Å². The van der Waals surface area contributed by atoms with Crippen LogP contribution in [-0.2, 0) is 6.18 Å². The van der Waals surface area contributed by atoms with Gasteiger partial charge in [0.15, 0.2) is 0 Å². The molecule has 1 heterocycles. The Morgan fingerprint density at radius 3 is 2.05 bits per heavy atom. The lowest BCUT2D eigenvalue weighted by molar-refractivity contribution is -0.142. The number of nitrogens with zero attached hydrogens (tertiary/aromatic N) is 1. The van der Waals surface area contributed by atoms with Crippen molar-refractivity contribution in [2.45, 2.75) is 13.1 Å². The zero-order valence-corrected chi connectivity index (χ0v) is 13.0. The van der Waals surface area contributed by atoms with E-state index >= 15 is 0 Å². The molecule has 10 heteroatoms. The number of aromatic amines is 1. The van der Waals surface area contributed by atoms with Gasteiger partial charge in [0.25, 0.3) is 5.56 Å². The molecule has 0 bridgehead atoms. The minimum absolute atomic E-state index is 0.000180. The van der Waals surface area contributed by atoms with E-state index in [2.05, 4.69) is 0 Å². The predicted molar refractivity (Wildman–Crippen MR) is 77.4 cm³/mol. The average Bonchev–Trinajstić information content (AvgIpc) is 2.39. The molecular weight excluding hydrogens is 367 g/mol. The fraction of sp³-hybridized carbons (Fsp3) is 0.167. The third-order valence-corrected chi connectivity index (χ3v) is 4.04. The van der Waals surface area contributed by atoms with Gasteiger partial charge in [0.1, 0.15) is 5.69 Å². The molecule has 22 heavy (non-hydrogen) atoms. The summed E-state index contributed by atoms with van der Waals surface area (Å²) in [6.07, 6.45) is -4.85. The van der Waals surface area contributed by atoms with Crippen molar-refractivity contribution >= 4 is 34.8 Å². The zero-order valence-electron chi connectivity index (χ0n) is 10.7. The first-order valence-corrected chi connectivity index (χ1v) is 6.75. The Labute approximate surface area is 136 Å².